The van der Waals surface area contributed by atoms with E-state index in [1.54, 1.807) is 12.1 Å². The highest BCUT2D eigenvalue weighted by molar-refractivity contribution is 7.92. The topological polar surface area (TPSA) is 92.7 Å². The van der Waals surface area contributed by atoms with Gasteiger partial charge in [0, 0.05) is 5.56 Å². The number of para-hydroxylation sites is 1. The molecule has 0 aliphatic rings. The summed E-state index contributed by atoms with van der Waals surface area (Å²) in [7, 11) is -2.65. The predicted molar refractivity (Wildman–Crippen MR) is 107 cm³/mol. The minimum atomic E-state index is -4.01. The number of hydrogen-bond donors (Lipinski definition) is 2. The highest BCUT2D eigenvalue weighted by atomic mass is 32.2. The molecule has 0 atom stereocenters. The van der Waals surface area contributed by atoms with Crippen LogP contribution in [-0.2, 0) is 21.2 Å². The van der Waals surface area contributed by atoms with Crippen LogP contribution < -0.4 is 9.46 Å². The number of aliphatic carboxylic acids is 1. The molecule has 0 radical (unpaired) electrons. The first kappa shape index (κ1) is 19.4. The average Bonchev–Trinajstić information content (AvgIpc) is 2.68. The van der Waals surface area contributed by atoms with Gasteiger partial charge in [0.05, 0.1) is 19.2 Å². The SMILES string of the molecule is COc1ccc(CC(=O)O)cc1S(=O)(=O)Nc1ccccc1-c1ccccc1. The predicted octanol–water partition coefficient (Wildman–Crippen LogP) is 3.79. The third-order valence-corrected chi connectivity index (χ3v) is 5.52. The number of sulfonamides is 1. The molecule has 0 unspecified atom stereocenters. The van der Waals surface area contributed by atoms with Crippen molar-refractivity contribution in [2.45, 2.75) is 11.3 Å². The molecule has 144 valence electrons. The molecule has 3 aromatic rings. The van der Waals surface area contributed by atoms with Gasteiger partial charge in [-0.15, -0.1) is 0 Å². The van der Waals surface area contributed by atoms with Crippen molar-refractivity contribution in [1.29, 1.82) is 0 Å². The lowest BCUT2D eigenvalue weighted by Crippen LogP contribution is -2.15. The molecule has 28 heavy (non-hydrogen) atoms. The van der Waals surface area contributed by atoms with Crippen LogP contribution in [0.15, 0.2) is 77.7 Å². The van der Waals surface area contributed by atoms with Crippen LogP contribution in [0.3, 0.4) is 0 Å². The lowest BCUT2D eigenvalue weighted by atomic mass is 10.0. The van der Waals surface area contributed by atoms with Crippen LogP contribution in [0.25, 0.3) is 11.1 Å². The summed E-state index contributed by atoms with van der Waals surface area (Å²) in [5.41, 5.74) is 2.38. The van der Waals surface area contributed by atoms with Gasteiger partial charge in [0.2, 0.25) is 0 Å². The van der Waals surface area contributed by atoms with Crippen LogP contribution in [0.5, 0.6) is 5.75 Å². The molecule has 0 aliphatic heterocycles. The van der Waals surface area contributed by atoms with Gasteiger partial charge in [-0.1, -0.05) is 54.6 Å². The Labute approximate surface area is 163 Å². The first-order chi connectivity index (χ1) is 13.4. The van der Waals surface area contributed by atoms with Crippen molar-refractivity contribution in [3.05, 3.63) is 78.4 Å². The Bertz CT molecular complexity index is 1090. The Kier molecular flexibility index (Phi) is 5.65. The van der Waals surface area contributed by atoms with Crippen molar-refractivity contribution in [2.24, 2.45) is 0 Å². The number of methoxy groups -OCH3 is 1. The van der Waals surface area contributed by atoms with E-state index in [1.807, 2.05) is 42.5 Å². The zero-order valence-electron chi connectivity index (χ0n) is 15.1. The smallest absolute Gasteiger partial charge is 0.307 e. The normalized spacial score (nSPS) is 11.0. The molecule has 2 N–H and O–H groups in total. The van der Waals surface area contributed by atoms with Crippen LogP contribution in [0.2, 0.25) is 0 Å². The van der Waals surface area contributed by atoms with Crippen molar-refractivity contribution < 1.29 is 23.1 Å². The van der Waals surface area contributed by atoms with Gasteiger partial charge in [0.25, 0.3) is 10.0 Å². The third kappa shape index (κ3) is 4.32. The van der Waals surface area contributed by atoms with E-state index in [9.17, 15) is 13.2 Å². The van der Waals surface area contributed by atoms with Crippen LogP contribution in [0, 0.1) is 0 Å². The third-order valence-electron chi connectivity index (χ3n) is 4.13. The number of anilines is 1. The molecular weight excluding hydrogens is 378 g/mol. The number of rotatable bonds is 7. The van der Waals surface area contributed by atoms with E-state index < -0.39 is 16.0 Å². The molecule has 0 spiro atoms. The molecule has 3 rings (SSSR count). The van der Waals surface area contributed by atoms with E-state index in [0.717, 1.165) is 11.1 Å². The maximum absolute atomic E-state index is 13.1. The fourth-order valence-corrected chi connectivity index (χ4v) is 4.16. The molecule has 6 nitrogen and oxygen atoms in total. The molecule has 0 heterocycles. The van der Waals surface area contributed by atoms with E-state index >= 15 is 0 Å². The summed E-state index contributed by atoms with van der Waals surface area (Å²) in [5.74, 6) is -0.908. The summed E-state index contributed by atoms with van der Waals surface area (Å²) in [5, 5.41) is 8.99. The number of ether oxygens (including phenoxy) is 1. The molecular formula is C21H19NO5S. The maximum atomic E-state index is 13.1. The maximum Gasteiger partial charge on any atom is 0.307 e. The Morgan fingerprint density at radius 1 is 1.00 bits per heavy atom. The van der Waals surface area contributed by atoms with Crippen molar-refractivity contribution in [2.75, 3.05) is 11.8 Å². The van der Waals surface area contributed by atoms with Crippen molar-refractivity contribution in [3.8, 4) is 16.9 Å². The molecule has 0 bridgehead atoms. The van der Waals surface area contributed by atoms with E-state index in [0.29, 0.717) is 11.3 Å². The van der Waals surface area contributed by atoms with Gasteiger partial charge < -0.3 is 9.84 Å². The second-order valence-corrected chi connectivity index (χ2v) is 7.72. The van der Waals surface area contributed by atoms with Gasteiger partial charge >= 0.3 is 5.97 Å². The fourth-order valence-electron chi connectivity index (χ4n) is 2.86. The first-order valence-corrected chi connectivity index (χ1v) is 9.95. The Hall–Kier alpha value is -3.32. The van der Waals surface area contributed by atoms with E-state index in [-0.39, 0.29) is 17.1 Å². The Morgan fingerprint density at radius 2 is 1.68 bits per heavy atom. The summed E-state index contributed by atoms with van der Waals surface area (Å²) in [6.45, 7) is 0. The second kappa shape index (κ2) is 8.14. The summed E-state index contributed by atoms with van der Waals surface area (Å²) < 4.78 is 33.9. The quantitative estimate of drug-likeness (QED) is 0.633. The van der Waals surface area contributed by atoms with Crippen molar-refractivity contribution >= 4 is 21.7 Å². The van der Waals surface area contributed by atoms with Gasteiger partial charge in [-0.25, -0.2) is 8.42 Å². The number of carbonyl (C=O) groups is 1. The highest BCUT2D eigenvalue weighted by Crippen LogP contribution is 2.32. The monoisotopic (exact) mass is 397 g/mol. The van der Waals surface area contributed by atoms with Gasteiger partial charge in [-0.3, -0.25) is 9.52 Å². The molecule has 0 amide bonds. The number of nitrogens with one attached hydrogen (secondary N) is 1. The van der Waals surface area contributed by atoms with Crippen LogP contribution >= 0.6 is 0 Å². The van der Waals surface area contributed by atoms with Gasteiger partial charge in [-0.05, 0) is 29.3 Å². The minimum Gasteiger partial charge on any atom is -0.495 e. The number of carboxylic acid groups (broad SMARTS) is 1. The standard InChI is InChI=1S/C21H19NO5S/c1-27-19-12-11-15(14-21(23)24)13-20(19)28(25,26)22-18-10-6-5-9-17(18)16-7-3-2-4-8-16/h2-13,22H,14H2,1H3,(H,23,24). The molecule has 0 fully saturated rings. The fraction of sp³-hybridized carbons (Fsp3) is 0.0952. The van der Waals surface area contributed by atoms with E-state index in [4.69, 9.17) is 9.84 Å². The number of benzene rings is 3. The summed E-state index contributed by atoms with van der Waals surface area (Å²) in [6, 6.07) is 20.8. The van der Waals surface area contributed by atoms with Gasteiger partial charge in [0.1, 0.15) is 10.6 Å². The number of carboxylic acids is 1. The highest BCUT2D eigenvalue weighted by Gasteiger charge is 2.22. The molecule has 3 aromatic carbocycles. The zero-order valence-corrected chi connectivity index (χ0v) is 15.9. The first-order valence-electron chi connectivity index (χ1n) is 8.46. The molecule has 0 aliphatic carbocycles. The second-order valence-electron chi connectivity index (χ2n) is 6.07. The molecule has 0 saturated heterocycles. The molecule has 0 saturated carbocycles. The zero-order chi connectivity index (χ0) is 20.1. The van der Waals surface area contributed by atoms with Crippen molar-refractivity contribution in [1.82, 2.24) is 0 Å². The Balaban J connectivity index is 2.03. The summed E-state index contributed by atoms with van der Waals surface area (Å²) in [4.78, 5) is 10.9. The lowest BCUT2D eigenvalue weighted by Gasteiger charge is -2.15. The average molecular weight is 397 g/mol. The molecule has 7 heteroatoms. The van der Waals surface area contributed by atoms with E-state index in [1.165, 1.54) is 25.3 Å². The largest absolute Gasteiger partial charge is 0.495 e. The molecule has 0 aromatic heterocycles. The van der Waals surface area contributed by atoms with E-state index in [2.05, 4.69) is 4.72 Å². The summed E-state index contributed by atoms with van der Waals surface area (Å²) in [6.07, 6.45) is -0.285. The van der Waals surface area contributed by atoms with Crippen LogP contribution in [-0.4, -0.2) is 26.6 Å². The van der Waals surface area contributed by atoms with Gasteiger partial charge in [0.15, 0.2) is 0 Å². The van der Waals surface area contributed by atoms with Crippen LogP contribution in [0.4, 0.5) is 5.69 Å². The number of hydrogen-bond acceptors (Lipinski definition) is 4. The Morgan fingerprint density at radius 3 is 2.36 bits per heavy atom. The minimum absolute atomic E-state index is 0.114. The van der Waals surface area contributed by atoms with Crippen molar-refractivity contribution in [3.63, 3.8) is 0 Å². The lowest BCUT2D eigenvalue weighted by molar-refractivity contribution is -0.136. The van der Waals surface area contributed by atoms with Gasteiger partial charge in [-0.2, -0.15) is 0 Å². The summed E-state index contributed by atoms with van der Waals surface area (Å²) >= 11 is 0. The van der Waals surface area contributed by atoms with Crippen LogP contribution in [0.1, 0.15) is 5.56 Å².